The van der Waals surface area contributed by atoms with E-state index in [0.717, 1.165) is 0 Å². The molecular weight excluding hydrogens is 306 g/mol. The molecule has 60 valence electrons. The molecule has 1 rings (SSSR count). The summed E-state index contributed by atoms with van der Waals surface area (Å²) in [6, 6.07) is 10.1. The SMILES string of the molecule is [CH3][Sn]([CH3])[CH3].[Se]c1ccccc1. The van der Waals surface area contributed by atoms with Crippen LogP contribution in [0.2, 0.25) is 14.8 Å². The molecule has 2 heteroatoms. The van der Waals surface area contributed by atoms with Gasteiger partial charge in [-0.05, 0) is 0 Å². The molecule has 0 heterocycles. The zero-order valence-corrected chi connectivity index (χ0v) is 11.9. The van der Waals surface area contributed by atoms with Gasteiger partial charge in [0, 0.05) is 0 Å². The molecular formula is C9H14SeSn. The Labute approximate surface area is 84.9 Å². The van der Waals surface area contributed by atoms with Crippen LogP contribution in [-0.4, -0.2) is 35.8 Å². The molecule has 0 nitrogen and oxygen atoms in total. The van der Waals surface area contributed by atoms with E-state index in [4.69, 9.17) is 0 Å². The van der Waals surface area contributed by atoms with Crippen LogP contribution in [0.5, 0.6) is 0 Å². The Kier molecular flexibility index (Phi) is 7.55. The van der Waals surface area contributed by atoms with Crippen molar-refractivity contribution in [3.8, 4) is 0 Å². The van der Waals surface area contributed by atoms with E-state index >= 15 is 0 Å². The van der Waals surface area contributed by atoms with E-state index in [1.165, 1.54) is 4.46 Å². The summed E-state index contributed by atoms with van der Waals surface area (Å²) in [7, 11) is 0. The molecule has 0 N–H and O–H groups in total. The van der Waals surface area contributed by atoms with Crippen molar-refractivity contribution in [1.29, 1.82) is 0 Å². The average Bonchev–Trinajstić information content (AvgIpc) is 1.87. The predicted molar refractivity (Wildman–Crippen MR) is 55.2 cm³/mol. The van der Waals surface area contributed by atoms with Crippen molar-refractivity contribution in [2.24, 2.45) is 0 Å². The first-order valence-electron chi connectivity index (χ1n) is 3.61. The number of hydrogen-bond donors (Lipinski definition) is 0. The van der Waals surface area contributed by atoms with Gasteiger partial charge in [0.15, 0.2) is 0 Å². The molecule has 0 fully saturated rings. The van der Waals surface area contributed by atoms with Gasteiger partial charge < -0.3 is 0 Å². The van der Waals surface area contributed by atoms with Crippen LogP contribution in [0.3, 0.4) is 0 Å². The van der Waals surface area contributed by atoms with Gasteiger partial charge in [-0.3, -0.25) is 0 Å². The molecule has 0 atom stereocenters. The first-order valence-corrected chi connectivity index (χ1v) is 13.0. The molecule has 0 spiro atoms. The van der Waals surface area contributed by atoms with E-state index in [2.05, 4.69) is 30.8 Å². The van der Waals surface area contributed by atoms with E-state index in [0.29, 0.717) is 0 Å². The van der Waals surface area contributed by atoms with Crippen LogP contribution >= 0.6 is 0 Å². The fourth-order valence-corrected chi connectivity index (χ4v) is 0.750. The van der Waals surface area contributed by atoms with Crippen molar-refractivity contribution >= 4 is 40.2 Å². The number of hydrogen-bond acceptors (Lipinski definition) is 0. The molecule has 2 radical (unpaired) electrons. The van der Waals surface area contributed by atoms with Crippen molar-refractivity contribution < 1.29 is 0 Å². The summed E-state index contributed by atoms with van der Waals surface area (Å²) in [4.78, 5) is 7.09. The third-order valence-electron chi connectivity index (χ3n) is 0.743. The second-order valence-electron chi connectivity index (χ2n) is 2.81. The van der Waals surface area contributed by atoms with Crippen molar-refractivity contribution in [1.82, 2.24) is 0 Å². The van der Waals surface area contributed by atoms with Crippen LogP contribution in [0, 0.1) is 0 Å². The van der Waals surface area contributed by atoms with Crippen molar-refractivity contribution in [2.45, 2.75) is 14.8 Å². The standard InChI is InChI=1S/C6H5Se.3CH3.Sn/c7-6-4-2-1-3-5-6;;;;/h1-5H;3*1H3;. The van der Waals surface area contributed by atoms with Gasteiger partial charge in [0.2, 0.25) is 0 Å². The Hall–Kier alpha value is 0.538. The van der Waals surface area contributed by atoms with E-state index < -0.39 is 19.8 Å². The molecule has 0 amide bonds. The zero-order chi connectivity index (χ0) is 8.69. The van der Waals surface area contributed by atoms with Crippen LogP contribution < -0.4 is 4.46 Å². The summed E-state index contributed by atoms with van der Waals surface area (Å²) in [5.74, 6) is 0. The minimum absolute atomic E-state index is 0.543. The van der Waals surface area contributed by atoms with E-state index in [9.17, 15) is 0 Å². The molecule has 1 aromatic carbocycles. The maximum absolute atomic E-state index is 2.90. The van der Waals surface area contributed by atoms with Gasteiger partial charge in [-0.25, -0.2) is 0 Å². The monoisotopic (exact) mass is 322 g/mol. The summed E-state index contributed by atoms with van der Waals surface area (Å²) in [5, 5.41) is 0. The molecule has 0 aliphatic carbocycles. The molecule has 11 heavy (non-hydrogen) atoms. The van der Waals surface area contributed by atoms with Gasteiger partial charge in [0.25, 0.3) is 0 Å². The van der Waals surface area contributed by atoms with Crippen LogP contribution in [0.15, 0.2) is 30.3 Å². The third kappa shape index (κ3) is 10.5. The van der Waals surface area contributed by atoms with E-state index in [-0.39, 0.29) is 0 Å². The molecule has 0 unspecified atom stereocenters. The fraction of sp³-hybridized carbons (Fsp3) is 0.333. The first kappa shape index (κ1) is 11.5. The van der Waals surface area contributed by atoms with Gasteiger partial charge in [-0.2, -0.15) is 0 Å². The van der Waals surface area contributed by atoms with E-state index in [1.54, 1.807) is 0 Å². The average molecular weight is 320 g/mol. The van der Waals surface area contributed by atoms with Gasteiger partial charge in [0.05, 0.1) is 0 Å². The Morgan fingerprint density at radius 2 is 1.36 bits per heavy atom. The van der Waals surface area contributed by atoms with Crippen LogP contribution in [0.4, 0.5) is 0 Å². The summed E-state index contributed by atoms with van der Waals surface area (Å²) in [6.07, 6.45) is 0. The summed E-state index contributed by atoms with van der Waals surface area (Å²) < 4.78 is 1.20. The molecule has 0 saturated carbocycles. The number of benzene rings is 1. The first-order chi connectivity index (χ1) is 5.13. The van der Waals surface area contributed by atoms with E-state index in [1.807, 2.05) is 30.3 Å². The Morgan fingerprint density at radius 3 is 1.55 bits per heavy atom. The fourth-order valence-electron chi connectivity index (χ4n) is 0.420. The normalized spacial score (nSPS) is 8.73. The second kappa shape index (κ2) is 7.20. The third-order valence-corrected chi connectivity index (χ3v) is 1.31. The minimum atomic E-state index is -0.543. The molecule has 0 bridgehead atoms. The van der Waals surface area contributed by atoms with Gasteiger partial charge >= 0.3 is 85.4 Å². The summed E-state index contributed by atoms with van der Waals surface area (Å²) in [5.41, 5.74) is 0. The van der Waals surface area contributed by atoms with Crippen molar-refractivity contribution in [2.75, 3.05) is 0 Å². The van der Waals surface area contributed by atoms with Crippen molar-refractivity contribution in [3.63, 3.8) is 0 Å². The Balaban J connectivity index is 0.000000218. The zero-order valence-electron chi connectivity index (χ0n) is 7.29. The molecule has 1 aromatic rings. The van der Waals surface area contributed by atoms with Gasteiger partial charge in [-0.15, -0.1) is 0 Å². The topological polar surface area (TPSA) is 0 Å². The Morgan fingerprint density at radius 1 is 1.00 bits per heavy atom. The quantitative estimate of drug-likeness (QED) is 0.640. The molecule has 0 aromatic heterocycles. The summed E-state index contributed by atoms with van der Waals surface area (Å²) >= 11 is 2.36. The predicted octanol–water partition coefficient (Wildman–Crippen LogP) is 1.85. The van der Waals surface area contributed by atoms with Gasteiger partial charge in [0.1, 0.15) is 0 Å². The van der Waals surface area contributed by atoms with Crippen LogP contribution in [-0.2, 0) is 0 Å². The molecule has 0 aliphatic rings. The van der Waals surface area contributed by atoms with Gasteiger partial charge in [-0.1, -0.05) is 0 Å². The van der Waals surface area contributed by atoms with Crippen molar-refractivity contribution in [3.05, 3.63) is 30.3 Å². The maximum atomic E-state index is 2.90. The summed E-state index contributed by atoms with van der Waals surface area (Å²) in [6.45, 7) is 0. The second-order valence-corrected chi connectivity index (χ2v) is 12.4. The molecule has 0 aliphatic heterocycles. The van der Waals surface area contributed by atoms with Crippen LogP contribution in [0.25, 0.3) is 0 Å². The molecule has 0 saturated heterocycles. The number of rotatable bonds is 0. The van der Waals surface area contributed by atoms with Crippen LogP contribution in [0.1, 0.15) is 0 Å². The Bertz CT molecular complexity index is 169.